The molecule has 0 aliphatic rings. The SMILES string of the molecule is CC(Br)c1cc(F)cc(F)c1.CC(c1cc(F)cc(F)c1)n1ncc2[nH]cnc2c1=O.O=c1[nH]ncc2[nH]cnc12. The topological polar surface area (TPSA) is 138 Å². The highest BCUT2D eigenvalue weighted by atomic mass is 79.9. The Hall–Kier alpha value is -4.66. The van der Waals surface area contributed by atoms with Gasteiger partial charge in [-0.2, -0.15) is 10.2 Å². The van der Waals surface area contributed by atoms with Crippen LogP contribution in [0.25, 0.3) is 22.1 Å². The lowest BCUT2D eigenvalue weighted by Gasteiger charge is -2.14. The van der Waals surface area contributed by atoms with E-state index in [0.717, 1.165) is 16.8 Å². The largest absolute Gasteiger partial charge is 0.343 e. The van der Waals surface area contributed by atoms with Crippen molar-refractivity contribution in [3.05, 3.63) is 117 Å². The maximum atomic E-state index is 13.2. The van der Waals surface area contributed by atoms with E-state index in [1.165, 1.54) is 49.3 Å². The fourth-order valence-corrected chi connectivity index (χ4v) is 3.95. The monoisotopic (exact) mass is 632 g/mol. The third-order valence-corrected chi connectivity index (χ3v) is 6.24. The molecule has 4 heterocycles. The van der Waals surface area contributed by atoms with E-state index >= 15 is 0 Å². The van der Waals surface area contributed by atoms with E-state index in [1.807, 2.05) is 6.92 Å². The molecule has 3 N–H and O–H groups in total. The lowest BCUT2D eigenvalue weighted by atomic mass is 10.1. The molecule has 0 saturated carbocycles. The molecule has 2 atom stereocenters. The Kier molecular flexibility index (Phi) is 9.07. The number of imidazole rings is 2. The van der Waals surface area contributed by atoms with E-state index in [2.05, 4.69) is 51.2 Å². The predicted octanol–water partition coefficient (Wildman–Crippen LogP) is 5.07. The quantitative estimate of drug-likeness (QED) is 0.184. The van der Waals surface area contributed by atoms with Crippen LogP contribution in [0.5, 0.6) is 0 Å². The van der Waals surface area contributed by atoms with Crippen LogP contribution in [0.3, 0.4) is 0 Å². The summed E-state index contributed by atoms with van der Waals surface area (Å²) in [5.41, 5.74) is 2.07. The molecule has 0 radical (unpaired) electrons. The van der Waals surface area contributed by atoms with Gasteiger partial charge in [0.05, 0.1) is 42.1 Å². The number of nitrogens with zero attached hydrogens (tertiary/aromatic N) is 5. The Morgan fingerprint density at radius 2 is 1.27 bits per heavy atom. The molecule has 15 heteroatoms. The Balaban J connectivity index is 0.000000156. The molecule has 2 unspecified atom stereocenters. The molecule has 212 valence electrons. The second kappa shape index (κ2) is 12.7. The first-order valence-electron chi connectivity index (χ1n) is 11.9. The average molecular weight is 633 g/mol. The lowest BCUT2D eigenvalue weighted by molar-refractivity contribution is 0.521. The summed E-state index contributed by atoms with van der Waals surface area (Å²) in [5, 5.41) is 9.85. The molecule has 0 fully saturated rings. The van der Waals surface area contributed by atoms with Crippen molar-refractivity contribution >= 4 is 38.0 Å². The van der Waals surface area contributed by atoms with Crippen molar-refractivity contribution in [2.75, 3.05) is 0 Å². The zero-order chi connectivity index (χ0) is 29.7. The van der Waals surface area contributed by atoms with E-state index in [9.17, 15) is 27.2 Å². The fourth-order valence-electron chi connectivity index (χ4n) is 3.68. The smallest absolute Gasteiger partial charge is 0.295 e. The molecule has 6 rings (SSSR count). The summed E-state index contributed by atoms with van der Waals surface area (Å²) in [6.45, 7) is 3.45. The first-order valence-corrected chi connectivity index (χ1v) is 12.8. The summed E-state index contributed by atoms with van der Waals surface area (Å²) in [6.07, 6.45) is 5.83. The van der Waals surface area contributed by atoms with Crippen LogP contribution in [0.15, 0.2) is 71.0 Å². The molecule has 0 saturated heterocycles. The summed E-state index contributed by atoms with van der Waals surface area (Å²) >= 11 is 3.22. The Morgan fingerprint density at radius 3 is 1.80 bits per heavy atom. The molecule has 0 aliphatic carbocycles. The summed E-state index contributed by atoms with van der Waals surface area (Å²) in [6, 6.07) is 6.01. The van der Waals surface area contributed by atoms with Gasteiger partial charge in [-0.25, -0.2) is 37.3 Å². The molecule has 4 aromatic heterocycles. The summed E-state index contributed by atoms with van der Waals surface area (Å²) in [4.78, 5) is 36.3. The van der Waals surface area contributed by atoms with Crippen molar-refractivity contribution in [3.8, 4) is 0 Å². The molecule has 2 aromatic carbocycles. The van der Waals surface area contributed by atoms with Gasteiger partial charge >= 0.3 is 0 Å². The first kappa shape index (κ1) is 29.3. The number of nitrogens with one attached hydrogen (secondary N) is 3. The number of aromatic amines is 3. The fraction of sp³-hybridized carbons (Fsp3) is 0.154. The normalized spacial score (nSPS) is 12.3. The van der Waals surface area contributed by atoms with Crippen LogP contribution in [0.4, 0.5) is 17.6 Å². The highest BCUT2D eigenvalue weighted by Gasteiger charge is 2.15. The number of alkyl halides is 1. The highest BCUT2D eigenvalue weighted by molar-refractivity contribution is 9.09. The number of rotatable bonds is 3. The van der Waals surface area contributed by atoms with Crippen LogP contribution in [0.2, 0.25) is 0 Å². The minimum absolute atomic E-state index is 0.0206. The van der Waals surface area contributed by atoms with Gasteiger partial charge in [0.25, 0.3) is 11.1 Å². The van der Waals surface area contributed by atoms with Crippen LogP contribution >= 0.6 is 15.9 Å². The van der Waals surface area contributed by atoms with Crippen molar-refractivity contribution in [2.24, 2.45) is 0 Å². The molecule has 0 amide bonds. The van der Waals surface area contributed by atoms with Gasteiger partial charge in [0.15, 0.2) is 11.0 Å². The Labute approximate surface area is 236 Å². The minimum atomic E-state index is -0.694. The van der Waals surface area contributed by atoms with Crippen LogP contribution in [-0.2, 0) is 0 Å². The second-order valence-electron chi connectivity index (χ2n) is 8.62. The van der Waals surface area contributed by atoms with Crippen LogP contribution < -0.4 is 11.1 Å². The standard InChI is InChI=1S/C13H10F2N4O.C8H7BrF2.C5H4N4O/c1-7(8-2-9(14)4-10(15)3-8)19-13(20)12-11(5-18-19)16-6-17-12;1-5(9)6-2-7(10)4-8(11)3-6;10-5-4-3(1-8-9-5)6-2-7-4/h2-7H,1H3,(H,16,17);2-5H,1H3;1-2H,(H,6,7)(H,9,10). The summed E-state index contributed by atoms with van der Waals surface area (Å²) in [5.74, 6) is -2.46. The Bertz CT molecular complexity index is 1880. The average Bonchev–Trinajstić information content (AvgIpc) is 3.59. The van der Waals surface area contributed by atoms with Crippen LogP contribution in [-0.4, -0.2) is 39.9 Å². The molecule has 10 nitrogen and oxygen atoms in total. The number of halogens is 5. The van der Waals surface area contributed by atoms with Gasteiger partial charge in [-0.15, -0.1) is 0 Å². The maximum absolute atomic E-state index is 13.2. The highest BCUT2D eigenvalue weighted by Crippen LogP contribution is 2.23. The number of H-pyrrole nitrogens is 3. The molecular formula is C26H21BrF4N8O2. The van der Waals surface area contributed by atoms with Gasteiger partial charge in [0, 0.05) is 17.0 Å². The van der Waals surface area contributed by atoms with E-state index in [4.69, 9.17) is 0 Å². The van der Waals surface area contributed by atoms with E-state index in [-0.39, 0.29) is 15.9 Å². The molecule has 41 heavy (non-hydrogen) atoms. The molecule has 0 aliphatic heterocycles. The third-order valence-electron chi connectivity index (χ3n) is 5.71. The molecule has 6 aromatic rings. The van der Waals surface area contributed by atoms with Gasteiger partial charge in [-0.05, 0) is 49.2 Å². The predicted molar refractivity (Wildman–Crippen MR) is 147 cm³/mol. The van der Waals surface area contributed by atoms with E-state index < -0.39 is 34.9 Å². The number of benzene rings is 2. The molecular weight excluding hydrogens is 612 g/mol. The number of aromatic nitrogens is 8. The van der Waals surface area contributed by atoms with Gasteiger partial charge in [-0.1, -0.05) is 15.9 Å². The van der Waals surface area contributed by atoms with Gasteiger partial charge in [0.1, 0.15) is 23.3 Å². The zero-order valence-electron chi connectivity index (χ0n) is 21.4. The van der Waals surface area contributed by atoms with Gasteiger partial charge < -0.3 is 9.97 Å². The van der Waals surface area contributed by atoms with Crippen molar-refractivity contribution in [3.63, 3.8) is 0 Å². The van der Waals surface area contributed by atoms with Gasteiger partial charge in [-0.3, -0.25) is 9.59 Å². The van der Waals surface area contributed by atoms with Crippen molar-refractivity contribution in [2.45, 2.75) is 24.7 Å². The number of hydrogen-bond acceptors (Lipinski definition) is 6. The van der Waals surface area contributed by atoms with E-state index in [0.29, 0.717) is 27.7 Å². The third kappa shape index (κ3) is 7.11. The first-order chi connectivity index (χ1) is 19.5. The van der Waals surface area contributed by atoms with Gasteiger partial charge in [0.2, 0.25) is 0 Å². The van der Waals surface area contributed by atoms with Crippen LogP contribution in [0.1, 0.15) is 35.8 Å². The lowest BCUT2D eigenvalue weighted by Crippen LogP contribution is -2.26. The summed E-state index contributed by atoms with van der Waals surface area (Å²) in [7, 11) is 0. The zero-order valence-corrected chi connectivity index (χ0v) is 23.0. The Morgan fingerprint density at radius 1 is 0.756 bits per heavy atom. The number of hydrogen-bond donors (Lipinski definition) is 3. The molecule has 0 spiro atoms. The maximum Gasteiger partial charge on any atom is 0.295 e. The minimum Gasteiger partial charge on any atom is -0.343 e. The molecule has 0 bridgehead atoms. The second-order valence-corrected chi connectivity index (χ2v) is 9.99. The van der Waals surface area contributed by atoms with Crippen molar-refractivity contribution < 1.29 is 17.6 Å². The van der Waals surface area contributed by atoms with Crippen molar-refractivity contribution in [1.29, 1.82) is 0 Å². The number of fused-ring (bicyclic) bond motifs is 2. The van der Waals surface area contributed by atoms with Crippen LogP contribution in [0, 0.1) is 23.3 Å². The summed E-state index contributed by atoms with van der Waals surface area (Å²) < 4.78 is 52.7. The van der Waals surface area contributed by atoms with Crippen molar-refractivity contribution in [1.82, 2.24) is 39.9 Å². The van der Waals surface area contributed by atoms with E-state index in [1.54, 1.807) is 6.92 Å².